The SMILES string of the molecule is COc1cn(C)nc1C(C)Nc1cc(-n2ccnc2)ncn1. The van der Waals surface area contributed by atoms with E-state index in [1.165, 1.54) is 6.33 Å². The van der Waals surface area contributed by atoms with Crippen molar-refractivity contribution in [3.8, 4) is 11.6 Å². The summed E-state index contributed by atoms with van der Waals surface area (Å²) in [5.41, 5.74) is 0.827. The Morgan fingerprint density at radius 2 is 2.18 bits per heavy atom. The molecule has 3 rings (SSSR count). The molecule has 0 aromatic carbocycles. The maximum Gasteiger partial charge on any atom is 0.162 e. The summed E-state index contributed by atoms with van der Waals surface area (Å²) in [6.45, 7) is 2.00. The number of imidazole rings is 1. The van der Waals surface area contributed by atoms with Crippen LogP contribution in [-0.4, -0.2) is 36.4 Å². The summed E-state index contributed by atoms with van der Waals surface area (Å²) in [4.78, 5) is 12.5. The predicted molar refractivity (Wildman–Crippen MR) is 81.0 cm³/mol. The molecule has 0 spiro atoms. The molecular weight excluding hydrogens is 282 g/mol. The number of ether oxygens (including phenoxy) is 1. The molecule has 0 aliphatic heterocycles. The van der Waals surface area contributed by atoms with Crippen LogP contribution in [0.5, 0.6) is 5.75 Å². The molecule has 8 heteroatoms. The van der Waals surface area contributed by atoms with Crippen molar-refractivity contribution in [2.24, 2.45) is 7.05 Å². The van der Waals surface area contributed by atoms with Crippen LogP contribution in [0.3, 0.4) is 0 Å². The Morgan fingerprint density at radius 3 is 2.91 bits per heavy atom. The maximum atomic E-state index is 5.34. The Kier molecular flexibility index (Phi) is 3.73. The average Bonchev–Trinajstić information content (AvgIpc) is 3.16. The maximum absolute atomic E-state index is 5.34. The number of rotatable bonds is 5. The van der Waals surface area contributed by atoms with Gasteiger partial charge in [0.1, 0.15) is 30.0 Å². The number of anilines is 1. The van der Waals surface area contributed by atoms with E-state index < -0.39 is 0 Å². The van der Waals surface area contributed by atoms with E-state index in [0.29, 0.717) is 5.82 Å². The molecule has 0 radical (unpaired) electrons. The van der Waals surface area contributed by atoms with Gasteiger partial charge in [0.15, 0.2) is 5.75 Å². The van der Waals surface area contributed by atoms with Crippen molar-refractivity contribution in [1.82, 2.24) is 29.3 Å². The number of aryl methyl sites for hydroxylation is 1. The van der Waals surface area contributed by atoms with Gasteiger partial charge in [0.2, 0.25) is 0 Å². The molecule has 1 N–H and O–H groups in total. The molecule has 1 unspecified atom stereocenters. The van der Waals surface area contributed by atoms with Gasteiger partial charge in [-0.1, -0.05) is 0 Å². The molecule has 114 valence electrons. The van der Waals surface area contributed by atoms with Crippen LogP contribution in [0.1, 0.15) is 18.7 Å². The van der Waals surface area contributed by atoms with Crippen LogP contribution in [0, 0.1) is 0 Å². The fraction of sp³-hybridized carbons (Fsp3) is 0.286. The van der Waals surface area contributed by atoms with E-state index in [4.69, 9.17) is 4.74 Å². The lowest BCUT2D eigenvalue weighted by Gasteiger charge is -2.14. The second kappa shape index (κ2) is 5.84. The van der Waals surface area contributed by atoms with Gasteiger partial charge in [-0.25, -0.2) is 15.0 Å². The van der Waals surface area contributed by atoms with Gasteiger partial charge >= 0.3 is 0 Å². The third kappa shape index (κ3) is 2.76. The highest BCUT2D eigenvalue weighted by Crippen LogP contribution is 2.25. The molecule has 3 aromatic heterocycles. The smallest absolute Gasteiger partial charge is 0.162 e. The lowest BCUT2D eigenvalue weighted by atomic mass is 10.2. The molecule has 0 aliphatic rings. The lowest BCUT2D eigenvalue weighted by molar-refractivity contribution is 0.407. The Balaban J connectivity index is 1.82. The van der Waals surface area contributed by atoms with Gasteiger partial charge in [-0.2, -0.15) is 5.10 Å². The van der Waals surface area contributed by atoms with Crippen LogP contribution < -0.4 is 10.1 Å². The Morgan fingerprint density at radius 1 is 1.32 bits per heavy atom. The third-order valence-corrected chi connectivity index (χ3v) is 3.24. The van der Waals surface area contributed by atoms with Crippen LogP contribution >= 0.6 is 0 Å². The molecule has 3 heterocycles. The number of methoxy groups -OCH3 is 1. The average molecular weight is 299 g/mol. The largest absolute Gasteiger partial charge is 0.493 e. The quantitative estimate of drug-likeness (QED) is 0.770. The molecule has 0 saturated carbocycles. The lowest BCUT2D eigenvalue weighted by Crippen LogP contribution is -2.11. The second-order valence-corrected chi connectivity index (χ2v) is 4.85. The number of hydrogen-bond donors (Lipinski definition) is 1. The first-order valence-corrected chi connectivity index (χ1v) is 6.82. The second-order valence-electron chi connectivity index (χ2n) is 4.85. The summed E-state index contributed by atoms with van der Waals surface area (Å²) in [5.74, 6) is 2.19. The van der Waals surface area contributed by atoms with Crippen LogP contribution in [-0.2, 0) is 7.05 Å². The first-order chi connectivity index (χ1) is 10.7. The molecule has 1 atom stereocenters. The van der Waals surface area contributed by atoms with Gasteiger partial charge < -0.3 is 10.1 Å². The van der Waals surface area contributed by atoms with E-state index in [0.717, 1.165) is 17.3 Å². The molecule has 0 fully saturated rings. The molecular formula is C14H17N7O. The summed E-state index contributed by atoms with van der Waals surface area (Å²) in [7, 11) is 3.50. The zero-order valence-corrected chi connectivity index (χ0v) is 12.6. The summed E-state index contributed by atoms with van der Waals surface area (Å²) >= 11 is 0. The Hall–Kier alpha value is -2.90. The molecule has 0 bridgehead atoms. The minimum absolute atomic E-state index is 0.0540. The predicted octanol–water partition coefficient (Wildman–Crippen LogP) is 1.58. The summed E-state index contributed by atoms with van der Waals surface area (Å²) in [6.07, 6.45) is 8.58. The summed E-state index contributed by atoms with van der Waals surface area (Å²) in [5, 5.41) is 7.73. The highest BCUT2D eigenvalue weighted by Gasteiger charge is 2.16. The van der Waals surface area contributed by atoms with Crippen molar-refractivity contribution in [2.75, 3.05) is 12.4 Å². The normalized spacial score (nSPS) is 12.1. The van der Waals surface area contributed by atoms with Crippen molar-refractivity contribution in [3.05, 3.63) is 43.0 Å². The van der Waals surface area contributed by atoms with Crippen LogP contribution in [0.2, 0.25) is 0 Å². The van der Waals surface area contributed by atoms with E-state index in [2.05, 4.69) is 25.4 Å². The molecule has 0 aliphatic carbocycles. The van der Waals surface area contributed by atoms with Crippen molar-refractivity contribution < 1.29 is 4.74 Å². The van der Waals surface area contributed by atoms with Gasteiger partial charge in [0, 0.05) is 25.5 Å². The fourth-order valence-corrected chi connectivity index (χ4v) is 2.19. The van der Waals surface area contributed by atoms with Crippen LogP contribution in [0.25, 0.3) is 5.82 Å². The number of nitrogens with one attached hydrogen (secondary N) is 1. The standard InChI is InChI=1S/C14H17N7O/c1-10(14-11(22-3)7-20(2)19-14)18-12-6-13(17-8-16-12)21-5-4-15-9-21/h4-10H,1-3H3,(H,16,17,18). The van der Waals surface area contributed by atoms with Gasteiger partial charge in [0.25, 0.3) is 0 Å². The van der Waals surface area contributed by atoms with Crippen molar-refractivity contribution >= 4 is 5.82 Å². The monoisotopic (exact) mass is 299 g/mol. The number of hydrogen-bond acceptors (Lipinski definition) is 6. The van der Waals surface area contributed by atoms with Crippen molar-refractivity contribution in [3.63, 3.8) is 0 Å². The molecule has 0 saturated heterocycles. The topological polar surface area (TPSA) is 82.7 Å². The van der Waals surface area contributed by atoms with Gasteiger partial charge in [-0.3, -0.25) is 9.25 Å². The van der Waals surface area contributed by atoms with Gasteiger partial charge in [-0.05, 0) is 6.92 Å². The fourth-order valence-electron chi connectivity index (χ4n) is 2.19. The zero-order chi connectivity index (χ0) is 15.5. The minimum Gasteiger partial charge on any atom is -0.493 e. The molecule has 3 aromatic rings. The molecule has 8 nitrogen and oxygen atoms in total. The van der Waals surface area contributed by atoms with Crippen molar-refractivity contribution in [2.45, 2.75) is 13.0 Å². The Labute approximate surface area is 127 Å². The highest BCUT2D eigenvalue weighted by molar-refractivity contribution is 5.43. The number of nitrogens with zero attached hydrogens (tertiary/aromatic N) is 6. The third-order valence-electron chi connectivity index (χ3n) is 3.24. The number of aromatic nitrogens is 6. The zero-order valence-electron chi connectivity index (χ0n) is 12.6. The Bertz CT molecular complexity index is 750. The van der Waals surface area contributed by atoms with Gasteiger partial charge in [-0.15, -0.1) is 0 Å². The molecule has 22 heavy (non-hydrogen) atoms. The van der Waals surface area contributed by atoms with Crippen LogP contribution in [0.15, 0.2) is 37.3 Å². The van der Waals surface area contributed by atoms with Gasteiger partial charge in [0.05, 0.1) is 19.3 Å². The van der Waals surface area contributed by atoms with E-state index in [1.54, 1.807) is 24.3 Å². The highest BCUT2D eigenvalue weighted by atomic mass is 16.5. The van der Waals surface area contributed by atoms with Crippen LogP contribution in [0.4, 0.5) is 5.82 Å². The van der Waals surface area contributed by atoms with E-state index in [1.807, 2.05) is 37.0 Å². The first-order valence-electron chi connectivity index (χ1n) is 6.82. The van der Waals surface area contributed by atoms with E-state index >= 15 is 0 Å². The first kappa shape index (κ1) is 14.1. The summed E-state index contributed by atoms with van der Waals surface area (Å²) < 4.78 is 8.88. The summed E-state index contributed by atoms with van der Waals surface area (Å²) in [6, 6.07) is 1.80. The van der Waals surface area contributed by atoms with Crippen molar-refractivity contribution in [1.29, 1.82) is 0 Å². The molecule has 0 amide bonds. The minimum atomic E-state index is -0.0540. The van der Waals surface area contributed by atoms with E-state index in [-0.39, 0.29) is 6.04 Å². The van der Waals surface area contributed by atoms with E-state index in [9.17, 15) is 0 Å².